The monoisotopic (exact) mass is 500 g/mol. The van der Waals surface area contributed by atoms with Crippen LogP contribution in [0.4, 0.5) is 0 Å². The molecule has 0 aliphatic rings. The van der Waals surface area contributed by atoms with E-state index < -0.39 is 54.0 Å². The molecule has 1 rings (SSSR count). The second-order valence-electron chi connectivity index (χ2n) is 8.49. The van der Waals surface area contributed by atoms with Crippen molar-refractivity contribution in [2.24, 2.45) is 11.7 Å². The molecular formula is C21H36N6O6S. The zero-order valence-electron chi connectivity index (χ0n) is 19.9. The van der Waals surface area contributed by atoms with E-state index in [-0.39, 0.29) is 18.8 Å². The first-order chi connectivity index (χ1) is 16.0. The van der Waals surface area contributed by atoms with Crippen LogP contribution in [-0.2, 0) is 25.6 Å². The summed E-state index contributed by atoms with van der Waals surface area (Å²) in [5.74, 6) is -2.68. The molecule has 34 heavy (non-hydrogen) atoms. The maximum Gasteiger partial charge on any atom is 0.326 e. The van der Waals surface area contributed by atoms with Gasteiger partial charge >= 0.3 is 5.97 Å². The van der Waals surface area contributed by atoms with Crippen LogP contribution >= 0.6 is 11.8 Å². The van der Waals surface area contributed by atoms with E-state index in [1.165, 1.54) is 31.2 Å². The minimum Gasteiger partial charge on any atom is -0.480 e. The molecule has 0 saturated heterocycles. The highest BCUT2D eigenvalue weighted by molar-refractivity contribution is 7.98. The molecule has 192 valence electrons. The van der Waals surface area contributed by atoms with Crippen LogP contribution in [0.15, 0.2) is 12.5 Å². The fraction of sp³-hybridized carbons (Fsp3) is 0.667. The van der Waals surface area contributed by atoms with Gasteiger partial charge in [0.15, 0.2) is 0 Å². The standard InChI is InChI=1S/C21H36N6O6S/c1-11(2)7-14(22)18(29)26-16(8-13-9-23-10-24-13)19(30)27-17(12(3)28)20(31)25-15(21(32)33)5-6-34-4/h9-12,14-17,28H,5-8,22H2,1-4H3,(H,23,24)(H,25,31)(H,26,29)(H,27,30)(H,32,33). The van der Waals surface area contributed by atoms with Crippen molar-refractivity contribution in [1.82, 2.24) is 25.9 Å². The quantitative estimate of drug-likeness (QED) is 0.158. The van der Waals surface area contributed by atoms with Gasteiger partial charge in [-0.15, -0.1) is 0 Å². The number of H-pyrrole nitrogens is 1. The molecule has 1 heterocycles. The van der Waals surface area contributed by atoms with Crippen LogP contribution in [0.1, 0.15) is 39.3 Å². The second-order valence-corrected chi connectivity index (χ2v) is 9.47. The molecule has 0 spiro atoms. The number of thioether (sulfide) groups is 1. The first-order valence-electron chi connectivity index (χ1n) is 11.0. The largest absolute Gasteiger partial charge is 0.480 e. The molecule has 3 amide bonds. The van der Waals surface area contributed by atoms with Crippen molar-refractivity contribution in [3.63, 3.8) is 0 Å². The number of carboxylic acid groups (broad SMARTS) is 1. The zero-order valence-corrected chi connectivity index (χ0v) is 20.7. The lowest BCUT2D eigenvalue weighted by Gasteiger charge is -2.26. The van der Waals surface area contributed by atoms with Gasteiger partial charge in [0.25, 0.3) is 0 Å². The van der Waals surface area contributed by atoms with Gasteiger partial charge in [0.05, 0.1) is 18.5 Å². The first-order valence-corrected chi connectivity index (χ1v) is 12.4. The van der Waals surface area contributed by atoms with E-state index in [2.05, 4.69) is 25.9 Å². The molecule has 8 N–H and O–H groups in total. The molecule has 0 aromatic carbocycles. The molecule has 1 aromatic heterocycles. The van der Waals surface area contributed by atoms with Crippen LogP contribution in [-0.4, -0.2) is 86.2 Å². The summed E-state index contributed by atoms with van der Waals surface area (Å²) >= 11 is 1.42. The van der Waals surface area contributed by atoms with E-state index in [0.717, 1.165) is 0 Å². The number of aliphatic hydroxyl groups excluding tert-OH is 1. The Morgan fingerprint density at radius 3 is 2.24 bits per heavy atom. The van der Waals surface area contributed by atoms with Crippen molar-refractivity contribution >= 4 is 35.5 Å². The van der Waals surface area contributed by atoms with Crippen LogP contribution in [0.2, 0.25) is 0 Å². The number of imidazole rings is 1. The van der Waals surface area contributed by atoms with Crippen molar-refractivity contribution in [3.05, 3.63) is 18.2 Å². The average molecular weight is 501 g/mol. The molecule has 13 heteroatoms. The summed E-state index contributed by atoms with van der Waals surface area (Å²) in [6.07, 6.45) is 4.01. The van der Waals surface area contributed by atoms with Gasteiger partial charge in [0, 0.05) is 18.3 Å². The molecule has 12 nitrogen and oxygen atoms in total. The van der Waals surface area contributed by atoms with Crippen molar-refractivity contribution in [1.29, 1.82) is 0 Å². The van der Waals surface area contributed by atoms with Gasteiger partial charge in [-0.2, -0.15) is 11.8 Å². The summed E-state index contributed by atoms with van der Waals surface area (Å²) in [5, 5.41) is 26.8. The zero-order chi connectivity index (χ0) is 25.8. The summed E-state index contributed by atoms with van der Waals surface area (Å²) in [6, 6.07) is -4.56. The second kappa shape index (κ2) is 14.6. The number of aromatic nitrogens is 2. The third kappa shape index (κ3) is 10.1. The lowest BCUT2D eigenvalue weighted by Crippen LogP contribution is -2.60. The summed E-state index contributed by atoms with van der Waals surface area (Å²) in [4.78, 5) is 56.5. The van der Waals surface area contributed by atoms with E-state index >= 15 is 0 Å². The maximum absolute atomic E-state index is 13.0. The van der Waals surface area contributed by atoms with Crippen molar-refractivity contribution in [3.8, 4) is 0 Å². The molecule has 1 aromatic rings. The Morgan fingerprint density at radius 2 is 1.74 bits per heavy atom. The third-order valence-electron chi connectivity index (χ3n) is 4.96. The molecular weight excluding hydrogens is 464 g/mol. The van der Waals surface area contributed by atoms with E-state index in [0.29, 0.717) is 17.9 Å². The number of carbonyl (C=O) groups excluding carboxylic acids is 3. The van der Waals surface area contributed by atoms with Gasteiger partial charge in [0.2, 0.25) is 17.7 Å². The maximum atomic E-state index is 13.0. The Morgan fingerprint density at radius 1 is 1.09 bits per heavy atom. The topological polar surface area (TPSA) is 200 Å². The summed E-state index contributed by atoms with van der Waals surface area (Å²) < 4.78 is 0. The van der Waals surface area contributed by atoms with E-state index in [1.54, 1.807) is 6.26 Å². The van der Waals surface area contributed by atoms with Gasteiger partial charge in [-0.05, 0) is 37.7 Å². The van der Waals surface area contributed by atoms with Gasteiger partial charge in [-0.3, -0.25) is 14.4 Å². The van der Waals surface area contributed by atoms with Crippen LogP contribution in [0.5, 0.6) is 0 Å². The Balaban J connectivity index is 2.98. The molecule has 0 aliphatic heterocycles. The Kier molecular flexibility index (Phi) is 12.6. The normalized spacial score (nSPS) is 15.6. The Hall–Kier alpha value is -2.64. The van der Waals surface area contributed by atoms with Crippen molar-refractivity contribution in [2.45, 2.75) is 70.3 Å². The number of carbonyl (C=O) groups is 4. The third-order valence-corrected chi connectivity index (χ3v) is 5.61. The first kappa shape index (κ1) is 29.4. The summed E-state index contributed by atoms with van der Waals surface area (Å²) in [7, 11) is 0. The smallest absolute Gasteiger partial charge is 0.326 e. The average Bonchev–Trinajstić information content (AvgIpc) is 3.26. The number of rotatable bonds is 15. The predicted octanol–water partition coefficient (Wildman–Crippen LogP) is -1.00. The summed E-state index contributed by atoms with van der Waals surface area (Å²) in [5.41, 5.74) is 6.49. The molecule has 5 atom stereocenters. The van der Waals surface area contributed by atoms with Crippen LogP contribution < -0.4 is 21.7 Å². The minimum absolute atomic E-state index is 0.0333. The number of hydrogen-bond donors (Lipinski definition) is 7. The summed E-state index contributed by atoms with van der Waals surface area (Å²) in [6.45, 7) is 5.12. The molecule has 0 bridgehead atoms. The lowest BCUT2D eigenvalue weighted by atomic mass is 10.0. The minimum atomic E-state index is -1.44. The molecule has 5 unspecified atom stereocenters. The Bertz CT molecular complexity index is 804. The number of aromatic amines is 1. The number of nitrogens with zero attached hydrogens (tertiary/aromatic N) is 1. The number of carboxylic acids is 1. The molecule has 0 saturated carbocycles. The van der Waals surface area contributed by atoms with E-state index in [1.807, 2.05) is 13.8 Å². The number of nitrogens with one attached hydrogen (secondary N) is 4. The fourth-order valence-electron chi connectivity index (χ4n) is 3.13. The van der Waals surface area contributed by atoms with Gasteiger partial charge in [-0.25, -0.2) is 9.78 Å². The van der Waals surface area contributed by atoms with Gasteiger partial charge in [-0.1, -0.05) is 13.8 Å². The highest BCUT2D eigenvalue weighted by Crippen LogP contribution is 2.07. The Labute approximate surface area is 203 Å². The van der Waals surface area contributed by atoms with E-state index in [9.17, 15) is 29.4 Å². The lowest BCUT2D eigenvalue weighted by molar-refractivity contribution is -0.143. The SMILES string of the molecule is CSCCC(NC(=O)C(NC(=O)C(Cc1cnc[nH]1)NC(=O)C(N)CC(C)C)C(C)O)C(=O)O. The number of aliphatic carboxylic acids is 1. The van der Waals surface area contributed by atoms with Gasteiger partial charge < -0.3 is 36.9 Å². The highest BCUT2D eigenvalue weighted by Gasteiger charge is 2.33. The molecule has 0 radical (unpaired) electrons. The number of hydrogen-bond acceptors (Lipinski definition) is 8. The number of amides is 3. The van der Waals surface area contributed by atoms with Crippen LogP contribution in [0.3, 0.4) is 0 Å². The predicted molar refractivity (Wildman–Crippen MR) is 128 cm³/mol. The van der Waals surface area contributed by atoms with Crippen LogP contribution in [0.25, 0.3) is 0 Å². The number of nitrogens with two attached hydrogens (primary N) is 1. The van der Waals surface area contributed by atoms with Crippen molar-refractivity contribution < 1.29 is 29.4 Å². The molecule has 0 fully saturated rings. The highest BCUT2D eigenvalue weighted by atomic mass is 32.2. The number of aliphatic hydroxyl groups is 1. The van der Waals surface area contributed by atoms with Crippen molar-refractivity contribution in [2.75, 3.05) is 12.0 Å². The van der Waals surface area contributed by atoms with Crippen LogP contribution in [0, 0.1) is 5.92 Å². The fourth-order valence-corrected chi connectivity index (χ4v) is 3.60. The van der Waals surface area contributed by atoms with E-state index in [4.69, 9.17) is 5.73 Å². The molecule has 0 aliphatic carbocycles. The van der Waals surface area contributed by atoms with Gasteiger partial charge in [0.1, 0.15) is 18.1 Å².